The standard InChI is InChI=1S/C21H18F3O5S2/c1-27-15-3-9-18(10-4-15)30(19-11-5-16(28-2)6-12-19)20-13-7-17(8-14-20)29-31(25,26)21(22,23)24/h3-14H,1-2H3/q+1. The smallest absolute Gasteiger partial charge is 0.497 e. The number of methoxy groups -OCH3 is 2. The van der Waals surface area contributed by atoms with Gasteiger partial charge in [-0.2, -0.15) is 21.6 Å². The van der Waals surface area contributed by atoms with Crippen LogP contribution in [0.1, 0.15) is 0 Å². The molecule has 3 aromatic rings. The van der Waals surface area contributed by atoms with Gasteiger partial charge >= 0.3 is 15.6 Å². The third-order valence-corrected chi connectivity index (χ3v) is 7.35. The van der Waals surface area contributed by atoms with Gasteiger partial charge in [-0.05, 0) is 72.8 Å². The highest BCUT2D eigenvalue weighted by atomic mass is 32.2. The van der Waals surface area contributed by atoms with Crippen LogP contribution in [-0.2, 0) is 21.0 Å². The van der Waals surface area contributed by atoms with E-state index >= 15 is 0 Å². The lowest BCUT2D eigenvalue weighted by Crippen LogP contribution is -2.28. The van der Waals surface area contributed by atoms with Crippen molar-refractivity contribution in [1.29, 1.82) is 0 Å². The normalized spacial score (nSPS) is 11.9. The Morgan fingerprint density at radius 1 is 0.645 bits per heavy atom. The number of hydrogen-bond donors (Lipinski definition) is 0. The molecule has 3 aromatic carbocycles. The first-order valence-corrected chi connectivity index (χ1v) is 11.4. The predicted octanol–water partition coefficient (Wildman–Crippen LogP) is 5.03. The van der Waals surface area contributed by atoms with E-state index in [4.69, 9.17) is 9.47 Å². The Hall–Kier alpha value is -2.85. The number of ether oxygens (including phenoxy) is 2. The molecular weight excluding hydrogens is 453 g/mol. The second-order valence-corrected chi connectivity index (χ2v) is 9.68. The molecule has 0 aliphatic carbocycles. The van der Waals surface area contributed by atoms with Crippen molar-refractivity contribution in [3.63, 3.8) is 0 Å². The van der Waals surface area contributed by atoms with Gasteiger partial charge in [-0.3, -0.25) is 0 Å². The molecule has 0 amide bonds. The molecule has 0 heterocycles. The van der Waals surface area contributed by atoms with Gasteiger partial charge in [0.25, 0.3) is 0 Å². The van der Waals surface area contributed by atoms with Gasteiger partial charge < -0.3 is 13.7 Å². The van der Waals surface area contributed by atoms with Crippen molar-refractivity contribution >= 4 is 21.0 Å². The van der Waals surface area contributed by atoms with E-state index in [0.717, 1.165) is 14.7 Å². The predicted molar refractivity (Wildman–Crippen MR) is 110 cm³/mol. The molecule has 164 valence electrons. The maximum atomic E-state index is 12.6. The maximum absolute atomic E-state index is 12.6. The number of rotatable bonds is 7. The zero-order valence-electron chi connectivity index (χ0n) is 16.4. The molecule has 0 fully saturated rings. The minimum Gasteiger partial charge on any atom is -0.497 e. The van der Waals surface area contributed by atoms with Crippen molar-refractivity contribution in [3.8, 4) is 17.2 Å². The zero-order valence-corrected chi connectivity index (χ0v) is 18.1. The van der Waals surface area contributed by atoms with Gasteiger partial charge in [-0.15, -0.1) is 0 Å². The van der Waals surface area contributed by atoms with Crippen molar-refractivity contribution < 1.29 is 35.2 Å². The average Bonchev–Trinajstić information content (AvgIpc) is 2.75. The monoisotopic (exact) mass is 471 g/mol. The second-order valence-electron chi connectivity index (χ2n) is 6.11. The van der Waals surface area contributed by atoms with Crippen molar-refractivity contribution in [2.45, 2.75) is 20.2 Å². The van der Waals surface area contributed by atoms with Crippen LogP contribution in [-0.4, -0.2) is 28.1 Å². The molecule has 0 aliphatic rings. The summed E-state index contributed by atoms with van der Waals surface area (Å²) in [5.74, 6) is 0.945. The maximum Gasteiger partial charge on any atom is 0.534 e. The summed E-state index contributed by atoms with van der Waals surface area (Å²) in [5, 5.41) is 0. The van der Waals surface area contributed by atoms with Crippen LogP contribution in [0, 0.1) is 0 Å². The molecule has 0 bridgehead atoms. The Balaban J connectivity index is 1.98. The van der Waals surface area contributed by atoms with Gasteiger partial charge in [0, 0.05) is 0 Å². The summed E-state index contributed by atoms with van der Waals surface area (Å²) in [6.07, 6.45) is 0. The molecule has 0 atom stereocenters. The topological polar surface area (TPSA) is 61.8 Å². The molecule has 3 rings (SSSR count). The largest absolute Gasteiger partial charge is 0.534 e. The van der Waals surface area contributed by atoms with E-state index in [1.165, 1.54) is 12.1 Å². The van der Waals surface area contributed by atoms with E-state index in [9.17, 15) is 21.6 Å². The number of alkyl halides is 3. The van der Waals surface area contributed by atoms with Crippen LogP contribution < -0.4 is 13.7 Å². The molecule has 31 heavy (non-hydrogen) atoms. The van der Waals surface area contributed by atoms with E-state index in [-0.39, 0.29) is 0 Å². The van der Waals surface area contributed by atoms with Crippen LogP contribution >= 0.6 is 0 Å². The summed E-state index contributed by atoms with van der Waals surface area (Å²) >= 11 is 0. The highest BCUT2D eigenvalue weighted by Gasteiger charge is 2.48. The quantitative estimate of drug-likeness (QED) is 0.275. The summed E-state index contributed by atoms with van der Waals surface area (Å²) in [5.41, 5.74) is -5.50. The fraction of sp³-hybridized carbons (Fsp3) is 0.143. The first kappa shape index (κ1) is 22.8. The van der Waals surface area contributed by atoms with E-state index in [0.29, 0.717) is 11.5 Å². The van der Waals surface area contributed by atoms with E-state index in [1.54, 1.807) is 26.4 Å². The molecule has 0 spiro atoms. The van der Waals surface area contributed by atoms with Crippen LogP contribution in [0.5, 0.6) is 17.2 Å². The van der Waals surface area contributed by atoms with Gasteiger partial charge in [0.05, 0.1) is 25.1 Å². The molecule has 0 saturated heterocycles. The lowest BCUT2D eigenvalue weighted by atomic mass is 10.3. The minimum absolute atomic E-state index is 0.422. The molecule has 0 aliphatic heterocycles. The first-order chi connectivity index (χ1) is 14.6. The minimum atomic E-state index is -5.73. The molecule has 5 nitrogen and oxygen atoms in total. The van der Waals surface area contributed by atoms with Crippen molar-refractivity contribution in [1.82, 2.24) is 0 Å². The van der Waals surface area contributed by atoms with Crippen molar-refractivity contribution in [2.75, 3.05) is 14.2 Å². The van der Waals surface area contributed by atoms with Gasteiger partial charge in [0.2, 0.25) is 0 Å². The summed E-state index contributed by atoms with van der Waals surface area (Å²) in [4.78, 5) is 2.62. The molecule has 0 saturated carbocycles. The Bertz CT molecular complexity index is 1060. The van der Waals surface area contributed by atoms with Gasteiger partial charge in [0.15, 0.2) is 14.7 Å². The SMILES string of the molecule is COc1ccc([S+](c2ccc(OC)cc2)c2ccc(OS(=O)(=O)C(F)(F)F)cc2)cc1. The molecule has 0 aromatic heterocycles. The van der Waals surface area contributed by atoms with Crippen molar-refractivity contribution in [3.05, 3.63) is 72.8 Å². The Morgan fingerprint density at radius 2 is 0.968 bits per heavy atom. The van der Waals surface area contributed by atoms with E-state index < -0.39 is 32.3 Å². The summed E-state index contributed by atoms with van der Waals surface area (Å²) < 4.78 is 74.7. The number of hydrogen-bond acceptors (Lipinski definition) is 5. The highest BCUT2D eigenvalue weighted by Crippen LogP contribution is 2.34. The molecule has 0 unspecified atom stereocenters. The van der Waals surface area contributed by atoms with E-state index in [2.05, 4.69) is 4.18 Å². The highest BCUT2D eigenvalue weighted by molar-refractivity contribution is 7.97. The average molecular weight is 471 g/mol. The Kier molecular flexibility index (Phi) is 6.71. The Morgan fingerprint density at radius 3 is 1.26 bits per heavy atom. The first-order valence-electron chi connectivity index (χ1n) is 8.78. The van der Waals surface area contributed by atoms with Crippen LogP contribution in [0.3, 0.4) is 0 Å². The Labute approximate surface area is 180 Å². The van der Waals surface area contributed by atoms with Crippen LogP contribution in [0.15, 0.2) is 87.5 Å². The molecule has 0 radical (unpaired) electrons. The lowest BCUT2D eigenvalue weighted by molar-refractivity contribution is -0.0500. The number of benzene rings is 3. The van der Waals surface area contributed by atoms with Crippen LogP contribution in [0.2, 0.25) is 0 Å². The van der Waals surface area contributed by atoms with Gasteiger partial charge in [-0.25, -0.2) is 0 Å². The van der Waals surface area contributed by atoms with Gasteiger partial charge in [-0.1, -0.05) is 0 Å². The molecule has 0 N–H and O–H groups in total. The fourth-order valence-corrected chi connectivity index (χ4v) is 5.14. The zero-order chi connectivity index (χ0) is 22.6. The third kappa shape index (κ3) is 5.26. The van der Waals surface area contributed by atoms with Crippen molar-refractivity contribution in [2.24, 2.45) is 0 Å². The molecule has 10 heteroatoms. The lowest BCUT2D eigenvalue weighted by Gasteiger charge is -2.11. The van der Waals surface area contributed by atoms with Crippen LogP contribution in [0.4, 0.5) is 13.2 Å². The fourth-order valence-electron chi connectivity index (χ4n) is 2.64. The summed E-state index contributed by atoms with van der Waals surface area (Å²) in [7, 11) is -3.23. The number of halogens is 3. The second kappa shape index (κ2) is 9.11. The van der Waals surface area contributed by atoms with Crippen LogP contribution in [0.25, 0.3) is 0 Å². The van der Waals surface area contributed by atoms with Gasteiger partial charge in [0.1, 0.15) is 17.2 Å². The molecular formula is C21H18F3O5S2+. The summed E-state index contributed by atoms with van der Waals surface area (Å²) in [6.45, 7) is 0. The van der Waals surface area contributed by atoms with E-state index in [1.807, 2.05) is 48.5 Å². The third-order valence-electron chi connectivity index (χ3n) is 4.14. The summed E-state index contributed by atoms with van der Waals surface area (Å²) in [6, 6.07) is 20.3.